The van der Waals surface area contributed by atoms with Crippen molar-refractivity contribution < 1.29 is 92.9 Å². The summed E-state index contributed by atoms with van der Waals surface area (Å²) in [4.78, 5) is -3.95. The summed E-state index contributed by atoms with van der Waals surface area (Å²) in [5.41, 5.74) is 0. The van der Waals surface area contributed by atoms with Crippen LogP contribution in [0, 0.1) is 0 Å². The van der Waals surface area contributed by atoms with Crippen molar-refractivity contribution in [3.8, 4) is 0 Å². The highest BCUT2D eigenvalue weighted by molar-refractivity contribution is 5.08. The molecule has 33 heavy (non-hydrogen) atoms. The van der Waals surface area contributed by atoms with Gasteiger partial charge in [-0.3, -0.25) is 4.74 Å². The van der Waals surface area contributed by atoms with Gasteiger partial charge in [0, 0.05) is 0 Å². The molecular weight excluding hydrogens is 539 g/mol. The zero-order valence-corrected chi connectivity index (χ0v) is 14.3. The maximum absolute atomic E-state index is 13.8. The summed E-state index contributed by atoms with van der Waals surface area (Å²) in [5, 5.41) is 0. The lowest BCUT2D eigenvalue weighted by Gasteiger charge is -2.54. The van der Waals surface area contributed by atoms with Crippen molar-refractivity contribution in [2.24, 2.45) is 0 Å². The van der Waals surface area contributed by atoms with Gasteiger partial charge in [0.05, 0.1) is 0 Å². The second-order valence-electron chi connectivity index (χ2n) is 5.99. The molecule has 0 aromatic rings. The van der Waals surface area contributed by atoms with E-state index in [1.807, 2.05) is 0 Å². The molecule has 1 rings (SSSR count). The van der Waals surface area contributed by atoms with Crippen molar-refractivity contribution in [2.75, 3.05) is 6.61 Å². The van der Waals surface area contributed by atoms with Crippen molar-refractivity contribution in [1.82, 2.24) is 4.90 Å². The lowest BCUT2D eigenvalue weighted by molar-refractivity contribution is -0.590. The first-order valence-corrected chi connectivity index (χ1v) is 7.22. The molecule has 0 aromatic heterocycles. The summed E-state index contributed by atoms with van der Waals surface area (Å²) in [7, 11) is 0. The van der Waals surface area contributed by atoms with Crippen LogP contribution in [0.2, 0.25) is 0 Å². The number of hydrogen-bond donors (Lipinski definition) is 0. The van der Waals surface area contributed by atoms with E-state index >= 15 is 0 Å². The minimum atomic E-state index is -7.70. The van der Waals surface area contributed by atoms with Gasteiger partial charge in [0.1, 0.15) is 6.61 Å². The first-order valence-electron chi connectivity index (χ1n) is 7.22. The predicted molar refractivity (Wildman–Crippen MR) is 59.4 cm³/mol. The zero-order valence-electron chi connectivity index (χ0n) is 14.3. The van der Waals surface area contributed by atoms with E-state index in [4.69, 9.17) is 0 Å². The Balaban J connectivity index is 3.72. The summed E-state index contributed by atoms with van der Waals surface area (Å²) < 4.78 is 252. The van der Waals surface area contributed by atoms with Crippen LogP contribution in [0.15, 0.2) is 0 Å². The summed E-state index contributed by atoms with van der Waals surface area (Å²) in [6.07, 6.45) is -33.3. The summed E-state index contributed by atoms with van der Waals surface area (Å²) >= 11 is 0. The molecule has 22 heteroatoms. The topological polar surface area (TPSA) is 21.7 Å². The van der Waals surface area contributed by atoms with Gasteiger partial charge >= 0.3 is 54.6 Å². The third kappa shape index (κ3) is 4.36. The Morgan fingerprint density at radius 2 is 1.00 bits per heavy atom. The smallest absolute Gasteiger partial charge is 0.310 e. The fraction of sp³-hybridized carbons (Fsp3) is 1.00. The van der Waals surface area contributed by atoms with Crippen LogP contribution in [-0.4, -0.2) is 72.4 Å². The SMILES string of the molecule is FC(F)C(F)(F)COC(F)(F)C(F)N1C(F)(F)C(F)(C(F)(F)F)OC(F)(C(F)(F)F)C1(F)F. The zero-order chi connectivity index (χ0) is 26.9. The largest absolute Gasteiger partial charge is 0.456 e. The Labute approximate surface area is 167 Å². The molecule has 0 amide bonds. The molecule has 3 nitrogen and oxygen atoms in total. The number of hydrogen-bond acceptors (Lipinski definition) is 3. The van der Waals surface area contributed by atoms with Gasteiger partial charge in [-0.05, 0) is 0 Å². The van der Waals surface area contributed by atoms with E-state index in [0.717, 1.165) is 0 Å². The molecule has 1 saturated heterocycles. The first-order chi connectivity index (χ1) is 14.1. The number of alkyl halides is 19. The third-order valence-electron chi connectivity index (χ3n) is 3.67. The second kappa shape index (κ2) is 7.78. The molecule has 3 unspecified atom stereocenters. The molecule has 0 saturated carbocycles. The minimum Gasteiger partial charge on any atom is -0.310 e. The molecule has 198 valence electrons. The Kier molecular flexibility index (Phi) is 6.98. The molecule has 1 aliphatic rings. The molecule has 0 spiro atoms. The van der Waals surface area contributed by atoms with Crippen LogP contribution in [0.5, 0.6) is 0 Å². The van der Waals surface area contributed by atoms with E-state index in [9.17, 15) is 83.4 Å². The second-order valence-corrected chi connectivity index (χ2v) is 5.99. The van der Waals surface area contributed by atoms with Crippen LogP contribution >= 0.6 is 0 Å². The van der Waals surface area contributed by atoms with Gasteiger partial charge in [-0.2, -0.15) is 70.2 Å². The highest BCUT2D eigenvalue weighted by Gasteiger charge is 2.94. The van der Waals surface area contributed by atoms with E-state index in [0.29, 0.717) is 0 Å². The lowest BCUT2D eigenvalue weighted by atomic mass is 10.0. The van der Waals surface area contributed by atoms with Crippen molar-refractivity contribution in [3.63, 3.8) is 0 Å². The Hall–Kier alpha value is -1.45. The Bertz CT molecular complexity index is 680. The fourth-order valence-electron chi connectivity index (χ4n) is 2.02. The molecule has 0 N–H and O–H groups in total. The van der Waals surface area contributed by atoms with Crippen LogP contribution in [0.1, 0.15) is 0 Å². The minimum absolute atomic E-state index is 1.66. The van der Waals surface area contributed by atoms with Gasteiger partial charge in [0.15, 0.2) is 0 Å². The van der Waals surface area contributed by atoms with Crippen LogP contribution in [0.4, 0.5) is 83.4 Å². The molecule has 0 bridgehead atoms. The van der Waals surface area contributed by atoms with Gasteiger partial charge in [-0.15, -0.1) is 4.90 Å². The van der Waals surface area contributed by atoms with Gasteiger partial charge < -0.3 is 4.74 Å². The highest BCUT2D eigenvalue weighted by atomic mass is 19.4. The molecule has 0 radical (unpaired) electrons. The molecular formula is C11H4F19NO2. The maximum atomic E-state index is 13.8. The summed E-state index contributed by atoms with van der Waals surface area (Å²) in [6.45, 7) is -3.44. The van der Waals surface area contributed by atoms with Crippen LogP contribution in [-0.2, 0) is 9.47 Å². The van der Waals surface area contributed by atoms with Crippen molar-refractivity contribution in [1.29, 1.82) is 0 Å². The maximum Gasteiger partial charge on any atom is 0.456 e. The number of ether oxygens (including phenoxy) is 2. The van der Waals surface area contributed by atoms with Gasteiger partial charge in [0.2, 0.25) is 0 Å². The monoisotopic (exact) mass is 543 g/mol. The molecule has 0 aromatic carbocycles. The number of morpholine rings is 1. The van der Waals surface area contributed by atoms with Gasteiger partial charge in [-0.1, -0.05) is 0 Å². The van der Waals surface area contributed by atoms with E-state index < -0.39 is 72.4 Å². The normalized spacial score (nSPS) is 30.5. The summed E-state index contributed by atoms with van der Waals surface area (Å²) in [6, 6.07) is -15.4. The van der Waals surface area contributed by atoms with Crippen molar-refractivity contribution in [3.05, 3.63) is 0 Å². The van der Waals surface area contributed by atoms with E-state index in [1.54, 1.807) is 4.74 Å². The third-order valence-corrected chi connectivity index (χ3v) is 3.67. The average molecular weight is 543 g/mol. The standard InChI is InChI=1S/C11H4F19NO2/c12-2(13)4(15,16)1-32-5(17,18)3(14)31-10(27,28)6(19,8(21,22)23)33-7(20,9(24,25)26)11(31,29)30/h2-3H,1H2. The van der Waals surface area contributed by atoms with Crippen molar-refractivity contribution >= 4 is 0 Å². The number of halogens is 19. The molecule has 3 atom stereocenters. The number of nitrogens with zero attached hydrogens (tertiary/aromatic N) is 1. The van der Waals surface area contributed by atoms with Crippen molar-refractivity contribution in [2.45, 2.75) is 60.9 Å². The van der Waals surface area contributed by atoms with E-state index in [-0.39, 0.29) is 0 Å². The predicted octanol–water partition coefficient (Wildman–Crippen LogP) is 5.77. The van der Waals surface area contributed by atoms with Crippen LogP contribution in [0.25, 0.3) is 0 Å². The number of rotatable bonds is 6. The fourth-order valence-corrected chi connectivity index (χ4v) is 2.02. The Morgan fingerprint density at radius 1 is 0.667 bits per heavy atom. The first kappa shape index (κ1) is 29.6. The summed E-state index contributed by atoms with van der Waals surface area (Å²) in [5.74, 6) is -21.0. The quantitative estimate of drug-likeness (QED) is 0.314. The molecule has 0 aliphatic carbocycles. The molecule has 1 fully saturated rings. The van der Waals surface area contributed by atoms with E-state index in [2.05, 4.69) is 4.74 Å². The van der Waals surface area contributed by atoms with Gasteiger partial charge in [0.25, 0.3) is 6.30 Å². The highest BCUT2D eigenvalue weighted by Crippen LogP contribution is 2.64. The lowest BCUT2D eigenvalue weighted by Crippen LogP contribution is -2.84. The average Bonchev–Trinajstić information content (AvgIpc) is 2.56. The van der Waals surface area contributed by atoms with E-state index in [1.165, 1.54) is 0 Å². The molecule has 1 aliphatic heterocycles. The van der Waals surface area contributed by atoms with Gasteiger partial charge in [-0.25, -0.2) is 13.2 Å². The molecule has 1 heterocycles. The van der Waals surface area contributed by atoms with Crippen LogP contribution in [0.3, 0.4) is 0 Å². The van der Waals surface area contributed by atoms with Crippen LogP contribution < -0.4 is 0 Å². The Morgan fingerprint density at radius 3 is 1.27 bits per heavy atom.